The Morgan fingerprint density at radius 2 is 2.05 bits per heavy atom. The molecule has 1 amide bonds. The zero-order chi connectivity index (χ0) is 16.5. The maximum absolute atomic E-state index is 12.4. The summed E-state index contributed by atoms with van der Waals surface area (Å²) in [5, 5.41) is 0. The molecule has 22 heavy (non-hydrogen) atoms. The van der Waals surface area contributed by atoms with Crippen molar-refractivity contribution in [3.8, 4) is 0 Å². The van der Waals surface area contributed by atoms with Crippen LogP contribution in [-0.4, -0.2) is 17.5 Å². The fourth-order valence-electron chi connectivity index (χ4n) is 3.48. The van der Waals surface area contributed by atoms with E-state index in [9.17, 15) is 4.79 Å². The first kappa shape index (κ1) is 16.6. The number of nitrogens with one attached hydrogen (secondary N) is 1. The normalized spacial score (nSPS) is 17.5. The lowest BCUT2D eigenvalue weighted by Crippen LogP contribution is -2.57. The molecule has 4 nitrogen and oxygen atoms in total. The zero-order valence-corrected chi connectivity index (χ0v) is 14.2. The summed E-state index contributed by atoms with van der Waals surface area (Å²) in [5.41, 5.74) is 6.85. The van der Waals surface area contributed by atoms with Crippen molar-refractivity contribution in [2.75, 3.05) is 4.90 Å². The minimum absolute atomic E-state index is 0.129. The predicted molar refractivity (Wildman–Crippen MR) is 92.4 cm³/mol. The Morgan fingerprint density at radius 3 is 2.64 bits per heavy atom. The Bertz CT molecular complexity index is 604. The number of benzene rings is 1. The van der Waals surface area contributed by atoms with Crippen molar-refractivity contribution in [2.24, 2.45) is 5.84 Å². The fraction of sp³-hybridized carbons (Fsp3) is 0.500. The number of nitrogens with two attached hydrogens (primary N) is 1. The van der Waals surface area contributed by atoms with Crippen LogP contribution in [0, 0.1) is 6.92 Å². The molecule has 0 saturated heterocycles. The van der Waals surface area contributed by atoms with Crippen molar-refractivity contribution in [2.45, 2.75) is 59.0 Å². The van der Waals surface area contributed by atoms with Crippen molar-refractivity contribution in [1.82, 2.24) is 5.43 Å². The Kier molecular flexibility index (Phi) is 4.61. The number of rotatable bonds is 4. The average Bonchev–Trinajstić information content (AvgIpc) is 2.44. The second-order valence-corrected chi connectivity index (χ2v) is 6.68. The van der Waals surface area contributed by atoms with E-state index in [1.54, 1.807) is 0 Å². The van der Waals surface area contributed by atoms with Crippen LogP contribution in [0.1, 0.15) is 51.7 Å². The summed E-state index contributed by atoms with van der Waals surface area (Å²) in [7, 11) is 0. The van der Waals surface area contributed by atoms with E-state index in [0.717, 1.165) is 18.5 Å². The summed E-state index contributed by atoms with van der Waals surface area (Å²) >= 11 is 0. The number of aryl methyl sites for hydroxylation is 1. The highest BCUT2D eigenvalue weighted by atomic mass is 16.2. The number of hydrogen-bond donors (Lipinski definition) is 2. The van der Waals surface area contributed by atoms with Gasteiger partial charge in [-0.25, -0.2) is 5.84 Å². The minimum atomic E-state index is -0.269. The van der Waals surface area contributed by atoms with Crippen molar-refractivity contribution in [3.63, 3.8) is 0 Å². The predicted octanol–water partition coefficient (Wildman–Crippen LogP) is 3.16. The van der Waals surface area contributed by atoms with Crippen LogP contribution in [0.5, 0.6) is 0 Å². The topological polar surface area (TPSA) is 58.4 Å². The molecule has 0 aromatic heterocycles. The van der Waals surface area contributed by atoms with E-state index in [4.69, 9.17) is 5.84 Å². The third-order valence-corrected chi connectivity index (χ3v) is 4.35. The van der Waals surface area contributed by atoms with Gasteiger partial charge in [0.2, 0.25) is 0 Å². The molecule has 0 saturated carbocycles. The molecule has 2 rings (SSSR count). The van der Waals surface area contributed by atoms with Gasteiger partial charge in [0.15, 0.2) is 0 Å². The third-order valence-electron chi connectivity index (χ3n) is 4.35. The van der Waals surface area contributed by atoms with Crippen LogP contribution in [-0.2, 0) is 4.79 Å². The summed E-state index contributed by atoms with van der Waals surface area (Å²) in [6.07, 6.45) is 3.93. The highest BCUT2D eigenvalue weighted by Crippen LogP contribution is 2.41. The molecule has 0 bridgehead atoms. The van der Waals surface area contributed by atoms with Crippen molar-refractivity contribution < 1.29 is 4.79 Å². The molecule has 0 fully saturated rings. The molecule has 0 unspecified atom stereocenters. The molecule has 1 aliphatic heterocycles. The van der Waals surface area contributed by atoms with Crippen LogP contribution in [0.2, 0.25) is 0 Å². The maximum Gasteiger partial charge on any atom is 0.256 e. The summed E-state index contributed by atoms with van der Waals surface area (Å²) in [5.74, 6) is 5.30. The van der Waals surface area contributed by atoms with Crippen molar-refractivity contribution in [3.05, 3.63) is 35.4 Å². The summed E-state index contributed by atoms with van der Waals surface area (Å²) in [6.45, 7) is 10.6. The van der Waals surface area contributed by atoms with E-state index >= 15 is 0 Å². The highest BCUT2D eigenvalue weighted by molar-refractivity contribution is 5.89. The fourth-order valence-corrected chi connectivity index (χ4v) is 3.48. The van der Waals surface area contributed by atoms with Gasteiger partial charge >= 0.3 is 0 Å². The quantitative estimate of drug-likeness (QED) is 0.510. The molecule has 4 heteroatoms. The van der Waals surface area contributed by atoms with Gasteiger partial charge in [0, 0.05) is 11.3 Å². The second kappa shape index (κ2) is 6.13. The molecule has 1 aromatic rings. The number of carbonyl (C=O) groups is 1. The van der Waals surface area contributed by atoms with Gasteiger partial charge in [0.05, 0.1) is 5.54 Å². The van der Waals surface area contributed by atoms with Crippen LogP contribution in [0.15, 0.2) is 24.3 Å². The number of hydrazine groups is 1. The van der Waals surface area contributed by atoms with Crippen molar-refractivity contribution >= 4 is 17.2 Å². The van der Waals surface area contributed by atoms with Gasteiger partial charge in [-0.3, -0.25) is 10.2 Å². The number of fused-ring (bicyclic) bond motifs is 1. The van der Waals surface area contributed by atoms with Crippen LogP contribution in [0.3, 0.4) is 0 Å². The van der Waals surface area contributed by atoms with E-state index in [-0.39, 0.29) is 17.5 Å². The average molecular weight is 301 g/mol. The number of amides is 1. The Hall–Kier alpha value is -1.81. The Balaban J connectivity index is 2.61. The Morgan fingerprint density at radius 1 is 1.36 bits per heavy atom. The van der Waals surface area contributed by atoms with Gasteiger partial charge in [0.25, 0.3) is 5.91 Å². The molecule has 0 spiro atoms. The van der Waals surface area contributed by atoms with E-state index in [2.05, 4.69) is 69.2 Å². The molecule has 1 atom stereocenters. The first-order valence-corrected chi connectivity index (χ1v) is 7.92. The smallest absolute Gasteiger partial charge is 0.256 e. The first-order valence-electron chi connectivity index (χ1n) is 7.92. The van der Waals surface area contributed by atoms with Crippen LogP contribution in [0.25, 0.3) is 5.57 Å². The molecule has 0 radical (unpaired) electrons. The Labute approximate surface area is 133 Å². The highest BCUT2D eigenvalue weighted by Gasteiger charge is 2.38. The number of hydrogen-bond acceptors (Lipinski definition) is 3. The van der Waals surface area contributed by atoms with Crippen LogP contribution < -0.4 is 16.2 Å². The third kappa shape index (κ3) is 2.88. The van der Waals surface area contributed by atoms with Crippen LogP contribution >= 0.6 is 0 Å². The molecule has 3 N–H and O–H groups in total. The van der Waals surface area contributed by atoms with Gasteiger partial charge in [-0.1, -0.05) is 31.6 Å². The van der Waals surface area contributed by atoms with Crippen LogP contribution in [0.4, 0.5) is 5.69 Å². The van der Waals surface area contributed by atoms with Gasteiger partial charge in [-0.05, 0) is 51.3 Å². The van der Waals surface area contributed by atoms with E-state index in [1.807, 2.05) is 0 Å². The lowest BCUT2D eigenvalue weighted by Gasteiger charge is -2.47. The van der Waals surface area contributed by atoms with E-state index < -0.39 is 0 Å². The van der Waals surface area contributed by atoms with Crippen molar-refractivity contribution in [1.29, 1.82) is 0 Å². The first-order chi connectivity index (χ1) is 10.3. The largest absolute Gasteiger partial charge is 0.350 e. The maximum atomic E-state index is 12.4. The summed E-state index contributed by atoms with van der Waals surface area (Å²) < 4.78 is 0. The number of nitrogens with zero attached hydrogens (tertiary/aromatic N) is 1. The molecule has 120 valence electrons. The monoisotopic (exact) mass is 301 g/mol. The number of anilines is 1. The van der Waals surface area contributed by atoms with Gasteiger partial charge in [0.1, 0.15) is 6.04 Å². The van der Waals surface area contributed by atoms with Gasteiger partial charge < -0.3 is 4.90 Å². The lowest BCUT2D eigenvalue weighted by molar-refractivity contribution is -0.122. The second-order valence-electron chi connectivity index (χ2n) is 6.68. The van der Waals surface area contributed by atoms with Gasteiger partial charge in [-0.15, -0.1) is 0 Å². The van der Waals surface area contributed by atoms with E-state index in [0.29, 0.717) is 0 Å². The molecular weight excluding hydrogens is 274 g/mol. The molecule has 1 aliphatic rings. The molecule has 1 aromatic carbocycles. The lowest BCUT2D eigenvalue weighted by atomic mass is 9.86. The number of allylic oxidation sites excluding steroid dienone is 1. The summed E-state index contributed by atoms with van der Waals surface area (Å²) in [6, 6.07) is 6.15. The van der Waals surface area contributed by atoms with E-state index in [1.165, 1.54) is 16.7 Å². The SMILES string of the molecule is CCC[C@H](C(=O)NN)N1c2cc(C)ccc2C(C)=CC1(C)C. The molecule has 1 heterocycles. The summed E-state index contributed by atoms with van der Waals surface area (Å²) in [4.78, 5) is 14.6. The molecular formula is C18H27N3O. The minimum Gasteiger partial charge on any atom is -0.350 e. The molecule has 0 aliphatic carbocycles. The number of carbonyl (C=O) groups excluding carboxylic acids is 1. The zero-order valence-electron chi connectivity index (χ0n) is 14.2. The standard InChI is InChI=1S/C18H27N3O/c1-6-7-15(17(22)20-19)21-16-10-12(2)8-9-14(16)13(3)11-18(21,4)5/h8-11,15H,6-7,19H2,1-5H3,(H,20,22)/t15-/m1/s1. The van der Waals surface area contributed by atoms with Gasteiger partial charge in [-0.2, -0.15) is 0 Å².